The molecule has 0 radical (unpaired) electrons. The molecule has 2 atom stereocenters. The van der Waals surface area contributed by atoms with Crippen molar-refractivity contribution in [1.29, 1.82) is 0 Å². The van der Waals surface area contributed by atoms with Crippen LogP contribution >= 0.6 is 11.8 Å². The normalized spacial score (nSPS) is 15.6. The fourth-order valence-corrected chi connectivity index (χ4v) is 6.09. The Morgan fingerprint density at radius 1 is 1.08 bits per heavy atom. The summed E-state index contributed by atoms with van der Waals surface area (Å²) in [4.78, 5) is 19.0. The number of anilines is 1. The number of rotatable bonds is 7. The number of aromatic amines is 1. The highest BCUT2D eigenvalue weighted by atomic mass is 32.2. The maximum absolute atomic E-state index is 13.7. The summed E-state index contributed by atoms with van der Waals surface area (Å²) in [5, 5.41) is 10.6. The Kier molecular flexibility index (Phi) is 6.41. The molecule has 0 saturated carbocycles. The van der Waals surface area contributed by atoms with Crippen LogP contribution in [0.15, 0.2) is 84.1 Å². The molecule has 1 amide bonds. The van der Waals surface area contributed by atoms with E-state index in [2.05, 4.69) is 34.2 Å². The fourth-order valence-electron chi connectivity index (χ4n) is 5.17. The number of hydrogen-bond donors (Lipinski definition) is 1. The number of fused-ring (bicyclic) bond motifs is 2. The van der Waals surface area contributed by atoms with Crippen LogP contribution in [0.2, 0.25) is 0 Å². The maximum atomic E-state index is 13.7. The minimum atomic E-state index is -0.356. The molecule has 2 aromatic heterocycles. The Hall–Kier alpha value is -4.04. The molecular weight excluding hydrogens is 494 g/mol. The number of ether oxygens (including phenoxy) is 1. The van der Waals surface area contributed by atoms with Crippen LogP contribution in [0.4, 0.5) is 5.69 Å². The zero-order chi connectivity index (χ0) is 26.2. The summed E-state index contributed by atoms with van der Waals surface area (Å²) in [6.07, 6.45) is 2.83. The van der Waals surface area contributed by atoms with Gasteiger partial charge in [0, 0.05) is 40.1 Å². The molecule has 5 aromatic rings. The zero-order valence-electron chi connectivity index (χ0n) is 21.6. The lowest BCUT2D eigenvalue weighted by molar-refractivity contribution is -0.118. The number of benzene rings is 3. The number of thioether (sulfide) groups is 1. The van der Waals surface area contributed by atoms with Gasteiger partial charge in [0.05, 0.1) is 11.9 Å². The molecular formula is C30H29N5O2S. The van der Waals surface area contributed by atoms with Crippen molar-refractivity contribution < 1.29 is 9.53 Å². The summed E-state index contributed by atoms with van der Waals surface area (Å²) in [5.74, 6) is 1.59. The van der Waals surface area contributed by atoms with E-state index in [1.165, 1.54) is 17.3 Å². The van der Waals surface area contributed by atoms with Crippen LogP contribution < -0.4 is 9.64 Å². The van der Waals surface area contributed by atoms with Gasteiger partial charge in [0.25, 0.3) is 0 Å². The highest BCUT2D eigenvalue weighted by Crippen LogP contribution is 2.37. The first-order valence-corrected chi connectivity index (χ1v) is 13.8. The van der Waals surface area contributed by atoms with Crippen molar-refractivity contribution in [2.24, 2.45) is 0 Å². The fraction of sp³-hybridized carbons (Fsp3) is 0.233. The molecule has 6 rings (SSSR count). The van der Waals surface area contributed by atoms with Crippen LogP contribution in [-0.2, 0) is 11.2 Å². The van der Waals surface area contributed by atoms with E-state index in [0.717, 1.165) is 40.0 Å². The van der Waals surface area contributed by atoms with E-state index >= 15 is 0 Å². The average molecular weight is 524 g/mol. The van der Waals surface area contributed by atoms with Crippen LogP contribution in [0.25, 0.3) is 28.0 Å². The van der Waals surface area contributed by atoms with Crippen molar-refractivity contribution in [2.45, 2.75) is 43.6 Å². The topological polar surface area (TPSA) is 76.0 Å². The van der Waals surface area contributed by atoms with Crippen LogP contribution in [0, 0.1) is 0 Å². The molecule has 0 aliphatic carbocycles. The summed E-state index contributed by atoms with van der Waals surface area (Å²) < 4.78 is 7.69. The van der Waals surface area contributed by atoms with Gasteiger partial charge in [0.15, 0.2) is 11.0 Å². The molecule has 0 fully saturated rings. The molecule has 38 heavy (non-hydrogen) atoms. The van der Waals surface area contributed by atoms with E-state index in [1.54, 1.807) is 0 Å². The Morgan fingerprint density at radius 3 is 2.66 bits per heavy atom. The van der Waals surface area contributed by atoms with Crippen molar-refractivity contribution in [3.05, 3.63) is 84.6 Å². The van der Waals surface area contributed by atoms with Gasteiger partial charge in [-0.15, -0.1) is 10.2 Å². The van der Waals surface area contributed by atoms with Gasteiger partial charge in [-0.2, -0.15) is 0 Å². The van der Waals surface area contributed by atoms with Gasteiger partial charge in [0.1, 0.15) is 5.75 Å². The monoisotopic (exact) mass is 523 g/mol. The predicted octanol–water partition coefficient (Wildman–Crippen LogP) is 6.27. The summed E-state index contributed by atoms with van der Waals surface area (Å²) in [6, 6.07) is 24.3. The number of amides is 1. The van der Waals surface area contributed by atoms with Crippen molar-refractivity contribution in [3.8, 4) is 22.8 Å². The molecule has 192 valence electrons. The number of carbonyl (C=O) groups excluding carboxylic acids is 1. The first-order valence-electron chi connectivity index (χ1n) is 12.9. The molecule has 1 aliphatic rings. The van der Waals surface area contributed by atoms with Crippen molar-refractivity contribution in [2.75, 3.05) is 11.5 Å². The molecule has 2 unspecified atom stereocenters. The van der Waals surface area contributed by atoms with Crippen LogP contribution in [0.5, 0.6) is 5.75 Å². The largest absolute Gasteiger partial charge is 0.494 e. The van der Waals surface area contributed by atoms with Crippen LogP contribution in [0.1, 0.15) is 26.3 Å². The predicted molar refractivity (Wildman–Crippen MR) is 152 cm³/mol. The minimum absolute atomic E-state index is 0.0716. The van der Waals surface area contributed by atoms with E-state index in [-0.39, 0.29) is 17.2 Å². The molecule has 0 spiro atoms. The molecule has 7 nitrogen and oxygen atoms in total. The number of nitrogens with zero attached hydrogens (tertiary/aromatic N) is 4. The first-order chi connectivity index (χ1) is 18.5. The quantitative estimate of drug-likeness (QED) is 0.254. The number of carbonyl (C=O) groups is 1. The third-order valence-corrected chi connectivity index (χ3v) is 7.97. The molecule has 3 aromatic carbocycles. The van der Waals surface area contributed by atoms with Gasteiger partial charge < -0.3 is 14.6 Å². The van der Waals surface area contributed by atoms with Crippen LogP contribution in [0.3, 0.4) is 0 Å². The van der Waals surface area contributed by atoms with Gasteiger partial charge in [0.2, 0.25) is 5.91 Å². The lowest BCUT2D eigenvalue weighted by Gasteiger charge is -2.25. The smallest absolute Gasteiger partial charge is 0.240 e. The SMILES string of the molecule is CCOc1ccc(-n2c(SC(C)C(=O)N3c4ccccc4CC3C)nnc2-c2c[nH]c3ccccc23)cc1. The molecule has 3 heterocycles. The van der Waals surface area contributed by atoms with Gasteiger partial charge >= 0.3 is 0 Å². The summed E-state index contributed by atoms with van der Waals surface area (Å²) in [5.41, 5.74) is 5.11. The number of H-pyrrole nitrogens is 1. The Morgan fingerprint density at radius 2 is 1.84 bits per heavy atom. The molecule has 0 saturated heterocycles. The van der Waals surface area contributed by atoms with Gasteiger partial charge in [-0.1, -0.05) is 48.2 Å². The van der Waals surface area contributed by atoms with E-state index in [9.17, 15) is 4.79 Å². The van der Waals surface area contributed by atoms with Crippen LogP contribution in [-0.4, -0.2) is 43.6 Å². The first kappa shape index (κ1) is 24.3. The van der Waals surface area contributed by atoms with E-state index in [4.69, 9.17) is 4.74 Å². The highest BCUT2D eigenvalue weighted by molar-refractivity contribution is 8.00. The number of hydrogen-bond acceptors (Lipinski definition) is 5. The van der Waals surface area contributed by atoms with Gasteiger partial charge in [-0.05, 0) is 69.2 Å². The summed E-state index contributed by atoms with van der Waals surface area (Å²) in [7, 11) is 0. The van der Waals surface area contributed by atoms with Crippen molar-refractivity contribution in [3.63, 3.8) is 0 Å². The third-order valence-electron chi connectivity index (χ3n) is 6.94. The summed E-state index contributed by atoms with van der Waals surface area (Å²) in [6.45, 7) is 6.62. The maximum Gasteiger partial charge on any atom is 0.240 e. The number of nitrogens with one attached hydrogen (secondary N) is 1. The molecule has 1 N–H and O–H groups in total. The third kappa shape index (κ3) is 4.24. The van der Waals surface area contributed by atoms with Gasteiger partial charge in [-0.3, -0.25) is 9.36 Å². The van der Waals surface area contributed by atoms with Crippen molar-refractivity contribution in [1.82, 2.24) is 19.7 Å². The van der Waals surface area contributed by atoms with E-state index < -0.39 is 0 Å². The van der Waals surface area contributed by atoms with Crippen molar-refractivity contribution >= 4 is 34.3 Å². The Labute approximate surface area is 225 Å². The van der Waals surface area contributed by atoms with Gasteiger partial charge in [-0.25, -0.2) is 0 Å². The second-order valence-electron chi connectivity index (χ2n) is 9.47. The second-order valence-corrected chi connectivity index (χ2v) is 10.8. The minimum Gasteiger partial charge on any atom is -0.494 e. The summed E-state index contributed by atoms with van der Waals surface area (Å²) >= 11 is 1.43. The van der Waals surface area contributed by atoms with E-state index in [0.29, 0.717) is 17.6 Å². The lowest BCUT2D eigenvalue weighted by atomic mass is 10.1. The Bertz CT molecular complexity index is 1610. The zero-order valence-corrected chi connectivity index (χ0v) is 22.4. The molecule has 0 bridgehead atoms. The number of aromatic nitrogens is 4. The second kappa shape index (κ2) is 10.0. The average Bonchev–Trinajstić information content (AvgIpc) is 3.63. The molecule has 1 aliphatic heterocycles. The standard InChI is InChI=1S/C30H29N5O2S/c1-4-37-23-15-13-22(14-16-23)35-28(25-18-31-26-11-7-6-10-24(25)26)32-33-30(35)38-20(3)29(36)34-19(2)17-21-9-5-8-12-27(21)34/h5-16,18-20,31H,4,17H2,1-3H3. The Balaban J connectivity index is 1.38. The molecule has 8 heteroatoms. The number of para-hydroxylation sites is 2. The highest BCUT2D eigenvalue weighted by Gasteiger charge is 2.34. The van der Waals surface area contributed by atoms with E-state index in [1.807, 2.05) is 90.2 Å². The lowest BCUT2D eigenvalue weighted by Crippen LogP contribution is -2.40.